The molecule has 1 amide bonds. The van der Waals surface area contributed by atoms with Gasteiger partial charge in [0.15, 0.2) is 11.5 Å². The van der Waals surface area contributed by atoms with E-state index >= 15 is 0 Å². The summed E-state index contributed by atoms with van der Waals surface area (Å²) in [6, 6.07) is 14.5. The number of benzene rings is 2. The van der Waals surface area contributed by atoms with Crippen molar-refractivity contribution < 1.29 is 14.3 Å². The van der Waals surface area contributed by atoms with E-state index in [2.05, 4.69) is 22.4 Å². The fraction of sp³-hybridized carbons (Fsp3) is 0.375. The summed E-state index contributed by atoms with van der Waals surface area (Å²) < 4.78 is 11.4. The minimum absolute atomic E-state index is 0.101. The lowest BCUT2D eigenvalue weighted by atomic mass is 9.86. The number of hydrogen-bond acceptors (Lipinski definition) is 3. The number of ether oxygens (including phenoxy) is 2. The standard InChI is InChI=1S/C24H26N2O3/c27-23(26-16-7-2-1-3-8-16)13-19(18-10-6-12-22-24(18)29-15-28-22)20-14-25-21-11-5-4-9-17(20)21/h4-6,9-12,14,16,19,25H,1-3,7-8,13,15H2,(H,26,27)/t19-/m1/s1. The highest BCUT2D eigenvalue weighted by atomic mass is 16.7. The van der Waals surface area contributed by atoms with Gasteiger partial charge in [-0.25, -0.2) is 0 Å². The number of aromatic nitrogens is 1. The highest BCUT2D eigenvalue weighted by Crippen LogP contribution is 2.44. The molecule has 0 bridgehead atoms. The van der Waals surface area contributed by atoms with E-state index in [1.165, 1.54) is 19.3 Å². The fourth-order valence-corrected chi connectivity index (χ4v) is 4.72. The fourth-order valence-electron chi connectivity index (χ4n) is 4.72. The number of carbonyl (C=O) groups is 1. The Morgan fingerprint density at radius 2 is 1.90 bits per heavy atom. The second kappa shape index (κ2) is 7.82. The third-order valence-corrected chi connectivity index (χ3v) is 6.16. The first-order valence-electron chi connectivity index (χ1n) is 10.5. The molecule has 2 aliphatic rings. The van der Waals surface area contributed by atoms with E-state index in [1.807, 2.05) is 36.5 Å². The summed E-state index contributed by atoms with van der Waals surface area (Å²) >= 11 is 0. The molecule has 5 rings (SSSR count). The van der Waals surface area contributed by atoms with Crippen molar-refractivity contribution in [3.05, 3.63) is 59.8 Å². The van der Waals surface area contributed by atoms with Gasteiger partial charge < -0.3 is 19.8 Å². The van der Waals surface area contributed by atoms with Crippen LogP contribution in [0.1, 0.15) is 55.6 Å². The lowest BCUT2D eigenvalue weighted by Crippen LogP contribution is -2.36. The Balaban J connectivity index is 1.50. The van der Waals surface area contributed by atoms with Crippen LogP contribution < -0.4 is 14.8 Å². The SMILES string of the molecule is O=C(C[C@H](c1cccc2c1OCO2)c1c[nH]c2ccccc12)NC1CCCCC1. The number of fused-ring (bicyclic) bond motifs is 2. The molecule has 0 spiro atoms. The number of rotatable bonds is 5. The molecule has 2 N–H and O–H groups in total. The van der Waals surface area contributed by atoms with E-state index in [-0.39, 0.29) is 18.6 Å². The summed E-state index contributed by atoms with van der Waals surface area (Å²) in [4.78, 5) is 16.4. The minimum atomic E-state index is -0.105. The Kier molecular flexibility index (Phi) is 4.88. The molecular weight excluding hydrogens is 364 g/mol. The van der Waals surface area contributed by atoms with Gasteiger partial charge in [0, 0.05) is 41.0 Å². The zero-order chi connectivity index (χ0) is 19.6. The number of amides is 1. The van der Waals surface area contributed by atoms with E-state index in [0.29, 0.717) is 12.5 Å². The van der Waals surface area contributed by atoms with Crippen molar-refractivity contribution >= 4 is 16.8 Å². The predicted octanol–water partition coefficient (Wildman–Crippen LogP) is 4.87. The first kappa shape index (κ1) is 18.1. The van der Waals surface area contributed by atoms with Crippen molar-refractivity contribution in [1.82, 2.24) is 10.3 Å². The highest BCUT2D eigenvalue weighted by Gasteiger charge is 2.29. The van der Waals surface area contributed by atoms with Gasteiger partial charge >= 0.3 is 0 Å². The van der Waals surface area contributed by atoms with Crippen LogP contribution in [0.4, 0.5) is 0 Å². The number of aromatic amines is 1. The second-order valence-electron chi connectivity index (χ2n) is 8.03. The van der Waals surface area contributed by atoms with Crippen molar-refractivity contribution in [3.8, 4) is 11.5 Å². The van der Waals surface area contributed by atoms with Gasteiger partial charge in [0.05, 0.1) is 0 Å². The molecule has 150 valence electrons. The largest absolute Gasteiger partial charge is 0.454 e. The second-order valence-corrected chi connectivity index (χ2v) is 8.03. The van der Waals surface area contributed by atoms with E-state index in [1.54, 1.807) is 0 Å². The third-order valence-electron chi connectivity index (χ3n) is 6.16. The molecule has 1 aromatic heterocycles. The molecule has 0 radical (unpaired) electrons. The van der Waals surface area contributed by atoms with Crippen LogP contribution in [-0.2, 0) is 4.79 Å². The maximum atomic E-state index is 13.0. The van der Waals surface area contributed by atoms with Gasteiger partial charge in [-0.05, 0) is 30.5 Å². The third kappa shape index (κ3) is 3.57. The minimum Gasteiger partial charge on any atom is -0.454 e. The quantitative estimate of drug-likeness (QED) is 0.653. The Labute approximate surface area is 170 Å². The summed E-state index contributed by atoms with van der Waals surface area (Å²) in [5.74, 6) is 1.50. The number of H-pyrrole nitrogens is 1. The van der Waals surface area contributed by atoms with Gasteiger partial charge in [0.25, 0.3) is 0 Å². The van der Waals surface area contributed by atoms with Crippen LogP contribution in [0.25, 0.3) is 10.9 Å². The zero-order valence-corrected chi connectivity index (χ0v) is 16.4. The molecule has 0 saturated heterocycles. The highest BCUT2D eigenvalue weighted by molar-refractivity contribution is 5.86. The molecule has 1 saturated carbocycles. The van der Waals surface area contributed by atoms with Gasteiger partial charge in [-0.2, -0.15) is 0 Å². The van der Waals surface area contributed by atoms with Gasteiger partial charge in [-0.15, -0.1) is 0 Å². The van der Waals surface area contributed by atoms with Crippen molar-refractivity contribution in [3.63, 3.8) is 0 Å². The van der Waals surface area contributed by atoms with Crippen LogP contribution in [0.2, 0.25) is 0 Å². The van der Waals surface area contributed by atoms with Crippen molar-refractivity contribution in [2.75, 3.05) is 6.79 Å². The van der Waals surface area contributed by atoms with Crippen LogP contribution in [0.3, 0.4) is 0 Å². The summed E-state index contributed by atoms with van der Waals surface area (Å²) in [6.07, 6.45) is 8.26. The zero-order valence-electron chi connectivity index (χ0n) is 16.4. The molecule has 1 aliphatic heterocycles. The number of carbonyl (C=O) groups excluding carboxylic acids is 1. The topological polar surface area (TPSA) is 63.4 Å². The number of hydrogen-bond donors (Lipinski definition) is 2. The lowest BCUT2D eigenvalue weighted by Gasteiger charge is -2.24. The summed E-state index contributed by atoms with van der Waals surface area (Å²) in [5.41, 5.74) is 3.19. The number of nitrogens with one attached hydrogen (secondary N) is 2. The van der Waals surface area contributed by atoms with Gasteiger partial charge in [-0.1, -0.05) is 49.6 Å². The molecule has 2 heterocycles. The molecule has 2 aromatic carbocycles. The molecular formula is C24H26N2O3. The average Bonchev–Trinajstić information content (AvgIpc) is 3.40. The lowest BCUT2D eigenvalue weighted by molar-refractivity contribution is -0.122. The van der Waals surface area contributed by atoms with Gasteiger partial charge in [0.1, 0.15) is 0 Å². The molecule has 1 atom stereocenters. The molecule has 1 aliphatic carbocycles. The summed E-state index contributed by atoms with van der Waals surface area (Å²) in [6.45, 7) is 0.223. The van der Waals surface area contributed by atoms with Gasteiger partial charge in [0.2, 0.25) is 12.7 Å². The Hall–Kier alpha value is -2.95. The van der Waals surface area contributed by atoms with Crippen LogP contribution in [0.15, 0.2) is 48.7 Å². The summed E-state index contributed by atoms with van der Waals surface area (Å²) in [5, 5.41) is 4.41. The van der Waals surface area contributed by atoms with E-state index in [0.717, 1.165) is 46.4 Å². The first-order valence-corrected chi connectivity index (χ1v) is 10.5. The van der Waals surface area contributed by atoms with E-state index in [4.69, 9.17) is 9.47 Å². The van der Waals surface area contributed by atoms with Crippen molar-refractivity contribution in [2.24, 2.45) is 0 Å². The summed E-state index contributed by atoms with van der Waals surface area (Å²) in [7, 11) is 0. The van der Waals surface area contributed by atoms with Crippen LogP contribution in [0.5, 0.6) is 11.5 Å². The van der Waals surface area contributed by atoms with Gasteiger partial charge in [-0.3, -0.25) is 4.79 Å². The monoisotopic (exact) mass is 390 g/mol. The normalized spacial score (nSPS) is 17.4. The Morgan fingerprint density at radius 1 is 1.03 bits per heavy atom. The average molecular weight is 390 g/mol. The van der Waals surface area contributed by atoms with Crippen LogP contribution >= 0.6 is 0 Å². The van der Waals surface area contributed by atoms with Crippen molar-refractivity contribution in [2.45, 2.75) is 50.5 Å². The molecule has 29 heavy (non-hydrogen) atoms. The van der Waals surface area contributed by atoms with Crippen molar-refractivity contribution in [1.29, 1.82) is 0 Å². The first-order chi connectivity index (χ1) is 14.3. The Morgan fingerprint density at radius 3 is 2.79 bits per heavy atom. The Bertz CT molecular complexity index is 1020. The van der Waals surface area contributed by atoms with Crippen LogP contribution in [0, 0.1) is 0 Å². The predicted molar refractivity (Wildman–Crippen MR) is 112 cm³/mol. The van der Waals surface area contributed by atoms with Crippen LogP contribution in [-0.4, -0.2) is 23.7 Å². The maximum absolute atomic E-state index is 13.0. The molecule has 3 aromatic rings. The van der Waals surface area contributed by atoms with E-state index in [9.17, 15) is 4.79 Å². The van der Waals surface area contributed by atoms with E-state index < -0.39 is 0 Å². The molecule has 1 fully saturated rings. The smallest absolute Gasteiger partial charge is 0.231 e. The molecule has 5 heteroatoms. The number of para-hydroxylation sites is 2. The molecule has 0 unspecified atom stereocenters. The molecule has 5 nitrogen and oxygen atoms in total. The maximum Gasteiger partial charge on any atom is 0.231 e.